The molecule has 0 spiro atoms. The number of likely N-dealkylation sites (tertiary alicyclic amines) is 1. The van der Waals surface area contributed by atoms with Crippen LogP contribution in [0.5, 0.6) is 0 Å². The molecule has 1 unspecified atom stereocenters. The van der Waals surface area contributed by atoms with Gasteiger partial charge in [-0.15, -0.1) is 0 Å². The van der Waals surface area contributed by atoms with Crippen molar-refractivity contribution in [3.8, 4) is 0 Å². The summed E-state index contributed by atoms with van der Waals surface area (Å²) in [6, 6.07) is 0.394. The number of amides is 2. The van der Waals surface area contributed by atoms with Gasteiger partial charge in [-0.1, -0.05) is 0 Å². The smallest absolute Gasteiger partial charge is 0.317 e. The van der Waals surface area contributed by atoms with Gasteiger partial charge in [0.05, 0.1) is 0 Å². The van der Waals surface area contributed by atoms with E-state index in [0.717, 1.165) is 31.7 Å². The predicted octanol–water partition coefficient (Wildman–Crippen LogP) is 1.93. The van der Waals surface area contributed by atoms with Crippen LogP contribution in [0.2, 0.25) is 0 Å². The Hall–Kier alpha value is -0.380. The molecule has 0 aromatic heterocycles. The molecule has 0 aliphatic carbocycles. The van der Waals surface area contributed by atoms with E-state index in [-0.39, 0.29) is 12.1 Å². The van der Waals surface area contributed by atoms with Crippen LogP contribution >= 0.6 is 11.8 Å². The third-order valence-corrected chi connectivity index (χ3v) is 3.26. The van der Waals surface area contributed by atoms with E-state index in [1.165, 1.54) is 6.42 Å². The third kappa shape index (κ3) is 3.78. The molecule has 0 radical (unpaired) electrons. The average Bonchev–Trinajstić information content (AvgIpc) is 2.19. The second-order valence-electron chi connectivity index (χ2n) is 3.85. The Labute approximate surface area is 90.6 Å². The highest BCUT2D eigenvalue weighted by atomic mass is 32.2. The minimum Gasteiger partial charge on any atom is -0.335 e. The zero-order chi connectivity index (χ0) is 10.4. The molecule has 0 saturated carbocycles. The fraction of sp³-hybridized carbons (Fsp3) is 0.900. The molecule has 1 aliphatic heterocycles. The second-order valence-corrected chi connectivity index (χ2v) is 4.76. The van der Waals surface area contributed by atoms with Gasteiger partial charge in [-0.2, -0.15) is 11.8 Å². The summed E-state index contributed by atoms with van der Waals surface area (Å²) in [7, 11) is 0. The first-order valence-electron chi connectivity index (χ1n) is 5.28. The summed E-state index contributed by atoms with van der Waals surface area (Å²) < 4.78 is 0. The molecule has 1 fully saturated rings. The largest absolute Gasteiger partial charge is 0.335 e. The molecule has 1 aliphatic rings. The maximum absolute atomic E-state index is 11.7. The van der Waals surface area contributed by atoms with Gasteiger partial charge in [-0.25, -0.2) is 4.79 Å². The van der Waals surface area contributed by atoms with Crippen LogP contribution in [-0.2, 0) is 0 Å². The van der Waals surface area contributed by atoms with E-state index in [4.69, 9.17) is 0 Å². The maximum atomic E-state index is 11.7. The molecule has 1 atom stereocenters. The van der Waals surface area contributed by atoms with Gasteiger partial charge >= 0.3 is 6.03 Å². The highest BCUT2D eigenvalue weighted by Gasteiger charge is 2.17. The maximum Gasteiger partial charge on any atom is 0.317 e. The summed E-state index contributed by atoms with van der Waals surface area (Å²) in [5.74, 6) is 0.986. The fourth-order valence-corrected chi connectivity index (χ4v) is 2.27. The van der Waals surface area contributed by atoms with Crippen LogP contribution < -0.4 is 5.32 Å². The number of hydrogen-bond acceptors (Lipinski definition) is 2. The lowest BCUT2D eigenvalue weighted by Gasteiger charge is -2.28. The second kappa shape index (κ2) is 6.17. The number of thioether (sulfide) groups is 1. The van der Waals surface area contributed by atoms with Gasteiger partial charge < -0.3 is 10.2 Å². The Morgan fingerprint density at radius 3 is 2.64 bits per heavy atom. The molecule has 4 heteroatoms. The van der Waals surface area contributed by atoms with Crippen LogP contribution in [0, 0.1) is 0 Å². The number of nitrogens with zero attached hydrogens (tertiary/aromatic N) is 1. The van der Waals surface area contributed by atoms with Crippen molar-refractivity contribution < 1.29 is 4.79 Å². The average molecular weight is 216 g/mol. The van der Waals surface area contributed by atoms with Crippen molar-refractivity contribution in [2.24, 2.45) is 0 Å². The summed E-state index contributed by atoms with van der Waals surface area (Å²) in [6.45, 7) is 3.91. The van der Waals surface area contributed by atoms with E-state index in [9.17, 15) is 4.79 Å². The highest BCUT2D eigenvalue weighted by molar-refractivity contribution is 7.98. The Morgan fingerprint density at radius 1 is 1.43 bits per heavy atom. The van der Waals surface area contributed by atoms with E-state index in [1.807, 2.05) is 4.90 Å². The lowest BCUT2D eigenvalue weighted by molar-refractivity contribution is 0.184. The van der Waals surface area contributed by atoms with Crippen molar-refractivity contribution >= 4 is 17.8 Å². The summed E-state index contributed by atoms with van der Waals surface area (Å²) in [6.07, 6.45) is 5.64. The van der Waals surface area contributed by atoms with Crippen molar-refractivity contribution in [3.63, 3.8) is 0 Å². The first-order valence-corrected chi connectivity index (χ1v) is 6.68. The highest BCUT2D eigenvalue weighted by Crippen LogP contribution is 2.08. The number of carbonyl (C=O) groups is 1. The number of piperidine rings is 1. The van der Waals surface area contributed by atoms with Gasteiger partial charge in [0, 0.05) is 24.9 Å². The SMILES string of the molecule is CSCC(C)NC(=O)N1CCCCC1. The van der Waals surface area contributed by atoms with Crippen molar-refractivity contribution in [2.45, 2.75) is 32.2 Å². The number of urea groups is 1. The van der Waals surface area contributed by atoms with Crippen molar-refractivity contribution in [2.75, 3.05) is 25.1 Å². The van der Waals surface area contributed by atoms with E-state index in [0.29, 0.717) is 0 Å². The molecule has 2 amide bonds. The van der Waals surface area contributed by atoms with Crippen LogP contribution in [0.4, 0.5) is 4.79 Å². The van der Waals surface area contributed by atoms with Gasteiger partial charge in [0.1, 0.15) is 0 Å². The topological polar surface area (TPSA) is 32.3 Å². The normalized spacial score (nSPS) is 19.1. The Morgan fingerprint density at radius 2 is 2.07 bits per heavy atom. The summed E-state index contributed by atoms with van der Waals surface area (Å²) >= 11 is 1.77. The van der Waals surface area contributed by atoms with Crippen molar-refractivity contribution in [3.05, 3.63) is 0 Å². The number of hydrogen-bond donors (Lipinski definition) is 1. The molecule has 3 nitrogen and oxygen atoms in total. The van der Waals surface area contributed by atoms with E-state index in [1.54, 1.807) is 11.8 Å². The molecular weight excluding hydrogens is 196 g/mol. The van der Waals surface area contributed by atoms with Crippen LogP contribution in [0.25, 0.3) is 0 Å². The Kier molecular flexibility index (Phi) is 5.15. The van der Waals surface area contributed by atoms with E-state index in [2.05, 4.69) is 18.5 Å². The Bertz CT molecular complexity index is 181. The van der Waals surface area contributed by atoms with E-state index >= 15 is 0 Å². The van der Waals surface area contributed by atoms with Crippen molar-refractivity contribution in [1.82, 2.24) is 10.2 Å². The first kappa shape index (κ1) is 11.7. The van der Waals surface area contributed by atoms with Crippen LogP contribution in [-0.4, -0.2) is 42.1 Å². The van der Waals surface area contributed by atoms with E-state index < -0.39 is 0 Å². The van der Waals surface area contributed by atoms with Gasteiger partial charge in [-0.05, 0) is 32.4 Å². The minimum absolute atomic E-state index is 0.117. The first-order chi connectivity index (χ1) is 6.74. The van der Waals surface area contributed by atoms with Crippen LogP contribution in [0.3, 0.4) is 0 Å². The number of rotatable bonds is 3. The number of nitrogens with one attached hydrogen (secondary N) is 1. The molecule has 0 aromatic carbocycles. The predicted molar refractivity (Wildman–Crippen MR) is 61.8 cm³/mol. The third-order valence-electron chi connectivity index (χ3n) is 2.43. The van der Waals surface area contributed by atoms with Crippen molar-refractivity contribution in [1.29, 1.82) is 0 Å². The zero-order valence-electron chi connectivity index (χ0n) is 9.08. The summed E-state index contributed by atoms with van der Waals surface area (Å²) in [5.41, 5.74) is 0. The molecule has 1 rings (SSSR count). The van der Waals surface area contributed by atoms with Gasteiger partial charge in [-0.3, -0.25) is 0 Å². The van der Waals surface area contributed by atoms with Gasteiger partial charge in [0.15, 0.2) is 0 Å². The molecule has 0 bridgehead atoms. The van der Waals surface area contributed by atoms with Crippen LogP contribution in [0.1, 0.15) is 26.2 Å². The molecule has 1 saturated heterocycles. The molecule has 82 valence electrons. The lowest BCUT2D eigenvalue weighted by atomic mass is 10.1. The molecule has 14 heavy (non-hydrogen) atoms. The summed E-state index contributed by atoms with van der Waals surface area (Å²) in [4.78, 5) is 13.6. The van der Waals surface area contributed by atoms with Gasteiger partial charge in [0.2, 0.25) is 0 Å². The Balaban J connectivity index is 2.25. The van der Waals surface area contributed by atoms with Gasteiger partial charge in [0.25, 0.3) is 0 Å². The summed E-state index contributed by atoms with van der Waals surface area (Å²) in [5, 5.41) is 3.02. The standard InChI is InChI=1S/C10H20N2OS/c1-9(8-14-2)11-10(13)12-6-4-3-5-7-12/h9H,3-8H2,1-2H3,(H,11,13). The minimum atomic E-state index is 0.117. The lowest BCUT2D eigenvalue weighted by Crippen LogP contribution is -2.46. The molecule has 0 aromatic rings. The number of carbonyl (C=O) groups excluding carboxylic acids is 1. The molecule has 1 N–H and O–H groups in total. The zero-order valence-corrected chi connectivity index (χ0v) is 9.90. The monoisotopic (exact) mass is 216 g/mol. The molecule has 1 heterocycles. The fourth-order valence-electron chi connectivity index (χ4n) is 1.69. The molecular formula is C10H20N2OS. The van der Waals surface area contributed by atoms with Crippen LogP contribution in [0.15, 0.2) is 0 Å². The quantitative estimate of drug-likeness (QED) is 0.782.